The molecule has 1 N–H and O–H groups in total. The lowest BCUT2D eigenvalue weighted by Gasteiger charge is -2.26. The van der Waals surface area contributed by atoms with Crippen molar-refractivity contribution in [2.75, 3.05) is 59.0 Å². The zero-order valence-electron chi connectivity index (χ0n) is 19.3. The number of hydrogen-bond donors (Lipinski definition) is 1. The Labute approximate surface area is 203 Å². The van der Waals surface area contributed by atoms with E-state index in [-0.39, 0.29) is 0 Å². The van der Waals surface area contributed by atoms with Crippen LogP contribution in [0, 0.1) is 11.3 Å². The Hall–Kier alpha value is -3.25. The van der Waals surface area contributed by atoms with Crippen molar-refractivity contribution < 1.29 is 18.9 Å². The molecular formula is C25H27ClN4O4. The molecule has 1 aliphatic rings. The average molecular weight is 483 g/mol. The first-order valence-corrected chi connectivity index (χ1v) is 11.4. The fourth-order valence-electron chi connectivity index (χ4n) is 3.85. The molecule has 0 amide bonds. The van der Waals surface area contributed by atoms with Gasteiger partial charge in [0.15, 0.2) is 11.5 Å². The Morgan fingerprint density at radius 3 is 2.71 bits per heavy atom. The summed E-state index contributed by atoms with van der Waals surface area (Å²) in [7, 11) is 3.18. The van der Waals surface area contributed by atoms with E-state index in [0.717, 1.165) is 44.7 Å². The minimum atomic E-state index is 0.382. The molecule has 34 heavy (non-hydrogen) atoms. The number of nitrogens with one attached hydrogen (secondary N) is 1. The van der Waals surface area contributed by atoms with Crippen molar-refractivity contribution in [3.8, 4) is 23.3 Å². The van der Waals surface area contributed by atoms with Crippen molar-refractivity contribution in [1.82, 2.24) is 9.88 Å². The molecule has 3 aromatic rings. The first kappa shape index (κ1) is 23.9. The van der Waals surface area contributed by atoms with Crippen LogP contribution in [0.1, 0.15) is 12.0 Å². The maximum absolute atomic E-state index is 9.70. The SMILES string of the molecule is COc1ccc(Cl)c(Nc2c(C#N)cnc3cc(OCCCN4CCOCC4)c(OC)cc23)c1. The third-order valence-electron chi connectivity index (χ3n) is 5.69. The van der Waals surface area contributed by atoms with Crippen molar-refractivity contribution >= 4 is 33.9 Å². The van der Waals surface area contributed by atoms with Gasteiger partial charge in [-0.15, -0.1) is 0 Å². The van der Waals surface area contributed by atoms with Gasteiger partial charge in [-0.1, -0.05) is 11.6 Å². The summed E-state index contributed by atoms with van der Waals surface area (Å²) in [6.07, 6.45) is 2.43. The van der Waals surface area contributed by atoms with Crippen LogP contribution in [-0.4, -0.2) is 63.6 Å². The number of halogens is 1. The molecule has 1 saturated heterocycles. The summed E-state index contributed by atoms with van der Waals surface area (Å²) in [6, 6.07) is 11.1. The number of morpholine rings is 1. The summed E-state index contributed by atoms with van der Waals surface area (Å²) in [5.74, 6) is 1.82. The number of nitriles is 1. The minimum absolute atomic E-state index is 0.382. The average Bonchev–Trinajstić information content (AvgIpc) is 2.88. The van der Waals surface area contributed by atoms with Gasteiger partial charge in [0.2, 0.25) is 0 Å². The normalized spacial score (nSPS) is 13.9. The smallest absolute Gasteiger partial charge is 0.163 e. The van der Waals surface area contributed by atoms with E-state index in [2.05, 4.69) is 21.3 Å². The summed E-state index contributed by atoms with van der Waals surface area (Å²) < 4.78 is 22.3. The lowest BCUT2D eigenvalue weighted by atomic mass is 10.1. The first-order valence-electron chi connectivity index (χ1n) is 11.1. The molecule has 0 bridgehead atoms. The van der Waals surface area contributed by atoms with E-state index < -0.39 is 0 Å². The van der Waals surface area contributed by atoms with E-state index in [1.807, 2.05) is 12.1 Å². The predicted molar refractivity (Wildman–Crippen MR) is 132 cm³/mol. The molecule has 0 spiro atoms. The van der Waals surface area contributed by atoms with Gasteiger partial charge in [0.05, 0.1) is 61.5 Å². The number of aromatic nitrogens is 1. The molecule has 0 atom stereocenters. The van der Waals surface area contributed by atoms with Crippen LogP contribution in [-0.2, 0) is 4.74 Å². The van der Waals surface area contributed by atoms with Crippen molar-refractivity contribution in [2.45, 2.75) is 6.42 Å². The molecule has 0 aliphatic carbocycles. The fourth-order valence-corrected chi connectivity index (χ4v) is 4.01. The van der Waals surface area contributed by atoms with Gasteiger partial charge in [-0.3, -0.25) is 9.88 Å². The quantitative estimate of drug-likeness (QED) is 0.442. The number of rotatable bonds is 9. The highest BCUT2D eigenvalue weighted by Crippen LogP contribution is 2.38. The molecule has 0 radical (unpaired) electrons. The standard InChI is InChI=1S/C25H27ClN4O4/c1-31-18-4-5-20(26)22(12-18)29-25-17(15-27)16-28-21-14-24(23(32-2)13-19(21)25)34-9-3-6-30-7-10-33-11-8-30/h4-5,12-14,16H,3,6-11H2,1-2H3,(H,28,29). The topological polar surface area (TPSA) is 88.9 Å². The number of anilines is 2. The van der Waals surface area contributed by atoms with Gasteiger partial charge in [0.1, 0.15) is 11.8 Å². The molecule has 4 rings (SSSR count). The summed E-state index contributed by atoms with van der Waals surface area (Å²) in [5.41, 5.74) is 2.25. The van der Waals surface area contributed by atoms with Crippen LogP contribution in [0.3, 0.4) is 0 Å². The van der Waals surface area contributed by atoms with E-state index >= 15 is 0 Å². The van der Waals surface area contributed by atoms with Crippen LogP contribution in [0.15, 0.2) is 36.5 Å². The third-order valence-corrected chi connectivity index (χ3v) is 6.02. The van der Waals surface area contributed by atoms with Crippen molar-refractivity contribution in [2.24, 2.45) is 0 Å². The molecule has 0 unspecified atom stereocenters. The van der Waals surface area contributed by atoms with Gasteiger partial charge in [-0.05, 0) is 24.6 Å². The number of nitrogens with zero attached hydrogens (tertiary/aromatic N) is 3. The van der Waals surface area contributed by atoms with Crippen LogP contribution in [0.4, 0.5) is 11.4 Å². The zero-order chi connectivity index (χ0) is 23.9. The van der Waals surface area contributed by atoms with E-state index in [1.165, 1.54) is 6.20 Å². The summed E-state index contributed by atoms with van der Waals surface area (Å²) >= 11 is 6.39. The van der Waals surface area contributed by atoms with Crippen LogP contribution < -0.4 is 19.5 Å². The molecule has 178 valence electrons. The maximum atomic E-state index is 9.70. The van der Waals surface area contributed by atoms with Crippen molar-refractivity contribution in [1.29, 1.82) is 5.26 Å². The number of pyridine rings is 1. The second-order valence-corrected chi connectivity index (χ2v) is 8.21. The number of hydrogen-bond acceptors (Lipinski definition) is 8. The van der Waals surface area contributed by atoms with Crippen LogP contribution >= 0.6 is 11.6 Å². The molecule has 1 aromatic heterocycles. The number of ether oxygens (including phenoxy) is 4. The largest absolute Gasteiger partial charge is 0.497 e. The van der Waals surface area contributed by atoms with Gasteiger partial charge in [0, 0.05) is 43.4 Å². The Balaban J connectivity index is 1.59. The Bertz CT molecular complexity index is 1190. The molecule has 0 saturated carbocycles. The van der Waals surface area contributed by atoms with Crippen molar-refractivity contribution in [3.05, 3.63) is 47.1 Å². The molecule has 2 aromatic carbocycles. The molecule has 2 heterocycles. The maximum Gasteiger partial charge on any atom is 0.163 e. The van der Waals surface area contributed by atoms with Crippen LogP contribution in [0.2, 0.25) is 5.02 Å². The first-order chi connectivity index (χ1) is 16.6. The highest BCUT2D eigenvalue weighted by molar-refractivity contribution is 6.33. The predicted octanol–water partition coefficient (Wildman–Crippen LogP) is 4.62. The van der Waals surface area contributed by atoms with E-state index in [1.54, 1.807) is 32.4 Å². The van der Waals surface area contributed by atoms with E-state index in [4.69, 9.17) is 30.5 Å². The van der Waals surface area contributed by atoms with E-state index in [0.29, 0.717) is 51.3 Å². The second kappa shape index (κ2) is 11.3. The zero-order valence-corrected chi connectivity index (χ0v) is 20.0. The van der Waals surface area contributed by atoms with Gasteiger partial charge in [-0.25, -0.2) is 0 Å². The van der Waals surface area contributed by atoms with Crippen LogP contribution in [0.5, 0.6) is 17.2 Å². The molecular weight excluding hydrogens is 456 g/mol. The van der Waals surface area contributed by atoms with E-state index in [9.17, 15) is 5.26 Å². The van der Waals surface area contributed by atoms with Crippen LogP contribution in [0.25, 0.3) is 10.9 Å². The number of methoxy groups -OCH3 is 2. The van der Waals surface area contributed by atoms with Gasteiger partial charge in [-0.2, -0.15) is 5.26 Å². The molecule has 9 heteroatoms. The Morgan fingerprint density at radius 2 is 1.97 bits per heavy atom. The summed E-state index contributed by atoms with van der Waals surface area (Å²) in [6.45, 7) is 4.99. The Morgan fingerprint density at radius 1 is 1.15 bits per heavy atom. The third kappa shape index (κ3) is 5.45. The molecule has 1 fully saturated rings. The lowest BCUT2D eigenvalue weighted by molar-refractivity contribution is 0.0357. The summed E-state index contributed by atoms with van der Waals surface area (Å²) in [4.78, 5) is 6.84. The number of benzene rings is 2. The van der Waals surface area contributed by atoms with Gasteiger partial charge < -0.3 is 24.3 Å². The monoisotopic (exact) mass is 482 g/mol. The van der Waals surface area contributed by atoms with Crippen molar-refractivity contribution in [3.63, 3.8) is 0 Å². The summed E-state index contributed by atoms with van der Waals surface area (Å²) in [5, 5.41) is 14.2. The highest BCUT2D eigenvalue weighted by Gasteiger charge is 2.16. The molecule has 1 aliphatic heterocycles. The number of fused-ring (bicyclic) bond motifs is 1. The minimum Gasteiger partial charge on any atom is -0.497 e. The second-order valence-electron chi connectivity index (χ2n) is 7.81. The van der Waals surface area contributed by atoms with Gasteiger partial charge >= 0.3 is 0 Å². The Kier molecular flexibility index (Phi) is 7.91. The van der Waals surface area contributed by atoms with Gasteiger partial charge in [0.25, 0.3) is 0 Å². The highest BCUT2D eigenvalue weighted by atomic mass is 35.5. The fraction of sp³-hybridized carbons (Fsp3) is 0.360. The molecule has 8 nitrogen and oxygen atoms in total. The lowest BCUT2D eigenvalue weighted by Crippen LogP contribution is -2.37.